The van der Waals surface area contributed by atoms with E-state index >= 15 is 0 Å². The SMILES string of the molecule is Cc1ccc(C(=O)NC(=S)Nc2cc(C)c(I)cc2C)cc1Cl. The molecule has 6 heteroatoms. The highest BCUT2D eigenvalue weighted by Crippen LogP contribution is 2.22. The van der Waals surface area contributed by atoms with Gasteiger partial charge in [0.05, 0.1) is 0 Å². The molecule has 1 amide bonds. The van der Waals surface area contributed by atoms with E-state index in [4.69, 9.17) is 23.8 Å². The summed E-state index contributed by atoms with van der Waals surface area (Å²) in [5.74, 6) is -0.288. The summed E-state index contributed by atoms with van der Waals surface area (Å²) in [7, 11) is 0. The summed E-state index contributed by atoms with van der Waals surface area (Å²) in [6.07, 6.45) is 0. The van der Waals surface area contributed by atoms with Gasteiger partial charge in [-0.25, -0.2) is 0 Å². The molecule has 3 nitrogen and oxygen atoms in total. The molecule has 120 valence electrons. The van der Waals surface area contributed by atoms with E-state index in [1.54, 1.807) is 18.2 Å². The van der Waals surface area contributed by atoms with Gasteiger partial charge in [-0.05, 0) is 96.5 Å². The van der Waals surface area contributed by atoms with E-state index in [1.807, 2.05) is 26.8 Å². The van der Waals surface area contributed by atoms with Crippen molar-refractivity contribution in [2.45, 2.75) is 20.8 Å². The molecule has 2 aromatic rings. The molecule has 0 saturated heterocycles. The Kier molecular flexibility index (Phi) is 6.00. The summed E-state index contributed by atoms with van der Waals surface area (Å²) in [6, 6.07) is 9.25. The van der Waals surface area contributed by atoms with Crippen LogP contribution in [0, 0.1) is 24.3 Å². The Balaban J connectivity index is 2.09. The van der Waals surface area contributed by atoms with Crippen LogP contribution < -0.4 is 10.6 Å². The number of halogens is 2. The first-order chi connectivity index (χ1) is 10.8. The predicted octanol–water partition coefficient (Wildman–Crippen LogP) is 5.00. The van der Waals surface area contributed by atoms with Gasteiger partial charge in [-0.15, -0.1) is 0 Å². The number of nitrogens with one attached hydrogen (secondary N) is 2. The number of benzene rings is 2. The molecule has 0 atom stereocenters. The lowest BCUT2D eigenvalue weighted by molar-refractivity contribution is 0.0977. The fraction of sp³-hybridized carbons (Fsp3) is 0.176. The minimum absolute atomic E-state index is 0.260. The van der Waals surface area contributed by atoms with Gasteiger partial charge in [-0.1, -0.05) is 17.7 Å². The molecule has 0 aromatic heterocycles. The quantitative estimate of drug-likeness (QED) is 0.492. The molecule has 0 spiro atoms. The van der Waals surface area contributed by atoms with Gasteiger partial charge in [0, 0.05) is 19.8 Å². The van der Waals surface area contributed by atoms with Crippen LogP contribution in [0.15, 0.2) is 30.3 Å². The lowest BCUT2D eigenvalue weighted by atomic mass is 10.1. The molecule has 2 rings (SSSR count). The fourth-order valence-electron chi connectivity index (χ4n) is 1.98. The number of amides is 1. The smallest absolute Gasteiger partial charge is 0.257 e. The van der Waals surface area contributed by atoms with Gasteiger partial charge in [0.2, 0.25) is 0 Å². The maximum atomic E-state index is 12.2. The van der Waals surface area contributed by atoms with Gasteiger partial charge >= 0.3 is 0 Å². The van der Waals surface area contributed by atoms with Gasteiger partial charge in [0.25, 0.3) is 5.91 Å². The van der Waals surface area contributed by atoms with E-state index in [-0.39, 0.29) is 11.0 Å². The second-order valence-electron chi connectivity index (χ2n) is 5.29. The van der Waals surface area contributed by atoms with Crippen molar-refractivity contribution in [1.82, 2.24) is 5.32 Å². The highest BCUT2D eigenvalue weighted by Gasteiger charge is 2.11. The Labute approximate surface area is 159 Å². The van der Waals surface area contributed by atoms with Crippen LogP contribution in [0.3, 0.4) is 0 Å². The highest BCUT2D eigenvalue weighted by atomic mass is 127. The summed E-state index contributed by atoms with van der Waals surface area (Å²) in [6.45, 7) is 5.91. The van der Waals surface area contributed by atoms with Crippen molar-refractivity contribution in [2.24, 2.45) is 0 Å². The zero-order chi connectivity index (χ0) is 17.1. The van der Waals surface area contributed by atoms with Crippen molar-refractivity contribution in [1.29, 1.82) is 0 Å². The molecule has 0 radical (unpaired) electrons. The van der Waals surface area contributed by atoms with Gasteiger partial charge in [0.1, 0.15) is 0 Å². The van der Waals surface area contributed by atoms with Crippen molar-refractivity contribution in [3.8, 4) is 0 Å². The van der Waals surface area contributed by atoms with Crippen LogP contribution in [0.25, 0.3) is 0 Å². The molecule has 0 aliphatic rings. The summed E-state index contributed by atoms with van der Waals surface area (Å²) in [4.78, 5) is 12.2. The molecule has 0 heterocycles. The number of thiocarbonyl (C=S) groups is 1. The maximum Gasteiger partial charge on any atom is 0.257 e. The van der Waals surface area contributed by atoms with Crippen LogP contribution in [0.5, 0.6) is 0 Å². The monoisotopic (exact) mass is 458 g/mol. The molecule has 2 N–H and O–H groups in total. The molecule has 2 aromatic carbocycles. The van der Waals surface area contributed by atoms with Crippen molar-refractivity contribution in [3.05, 3.63) is 61.2 Å². The van der Waals surface area contributed by atoms with Crippen molar-refractivity contribution >= 4 is 63.1 Å². The first-order valence-corrected chi connectivity index (χ1v) is 8.79. The third-order valence-corrected chi connectivity index (χ3v) is 5.19. The Hall–Kier alpha value is -1.18. The van der Waals surface area contributed by atoms with Crippen LogP contribution in [-0.4, -0.2) is 11.0 Å². The second kappa shape index (κ2) is 7.59. The van der Waals surface area contributed by atoms with E-state index in [9.17, 15) is 4.79 Å². The van der Waals surface area contributed by atoms with Gasteiger partial charge in [0.15, 0.2) is 5.11 Å². The van der Waals surface area contributed by atoms with Crippen LogP contribution in [-0.2, 0) is 0 Å². The molecule has 0 saturated carbocycles. The van der Waals surface area contributed by atoms with Crippen LogP contribution in [0.1, 0.15) is 27.0 Å². The highest BCUT2D eigenvalue weighted by molar-refractivity contribution is 14.1. The number of anilines is 1. The zero-order valence-corrected chi connectivity index (χ0v) is 16.7. The fourth-order valence-corrected chi connectivity index (χ4v) is 2.98. The molecule has 0 aliphatic carbocycles. The van der Waals surface area contributed by atoms with Gasteiger partial charge < -0.3 is 5.32 Å². The topological polar surface area (TPSA) is 41.1 Å². The summed E-state index contributed by atoms with van der Waals surface area (Å²) in [5.41, 5.74) is 4.50. The molecule has 0 unspecified atom stereocenters. The molecule has 0 bridgehead atoms. The van der Waals surface area contributed by atoms with Crippen LogP contribution >= 0.6 is 46.4 Å². The largest absolute Gasteiger partial charge is 0.332 e. The van der Waals surface area contributed by atoms with E-state index in [2.05, 4.69) is 39.3 Å². The number of carbonyl (C=O) groups excluding carboxylic acids is 1. The second-order valence-corrected chi connectivity index (χ2v) is 7.27. The molecule has 0 aliphatic heterocycles. The number of hydrogen-bond acceptors (Lipinski definition) is 2. The third kappa shape index (κ3) is 4.65. The number of carbonyl (C=O) groups is 1. The maximum absolute atomic E-state index is 12.2. The Morgan fingerprint density at radius 3 is 2.43 bits per heavy atom. The summed E-state index contributed by atoms with van der Waals surface area (Å²) < 4.78 is 1.19. The standard InChI is InChI=1S/C17H16ClIN2OS/c1-9-4-5-12(8-13(9)18)16(22)21-17(23)20-15-7-10(2)14(19)6-11(15)3/h4-8H,1-3H3,(H2,20,21,22,23). The average molecular weight is 459 g/mol. The lowest BCUT2D eigenvalue weighted by Gasteiger charge is -2.13. The Morgan fingerprint density at radius 2 is 1.78 bits per heavy atom. The average Bonchev–Trinajstić information content (AvgIpc) is 2.47. The first kappa shape index (κ1) is 18.2. The Bertz CT molecular complexity index is 792. The van der Waals surface area contributed by atoms with E-state index in [0.29, 0.717) is 10.6 Å². The van der Waals surface area contributed by atoms with Crippen LogP contribution in [0.2, 0.25) is 5.02 Å². The van der Waals surface area contributed by atoms with Crippen LogP contribution in [0.4, 0.5) is 5.69 Å². The van der Waals surface area contributed by atoms with Crippen molar-refractivity contribution in [3.63, 3.8) is 0 Å². The third-order valence-electron chi connectivity index (χ3n) is 3.41. The minimum atomic E-state index is -0.288. The summed E-state index contributed by atoms with van der Waals surface area (Å²) >= 11 is 13.6. The number of rotatable bonds is 2. The zero-order valence-electron chi connectivity index (χ0n) is 13.0. The molecular formula is C17H16ClIN2OS. The van der Waals surface area contributed by atoms with Crippen molar-refractivity contribution < 1.29 is 4.79 Å². The van der Waals surface area contributed by atoms with E-state index in [1.165, 1.54) is 3.57 Å². The lowest BCUT2D eigenvalue weighted by Crippen LogP contribution is -2.34. The van der Waals surface area contributed by atoms with Gasteiger partial charge in [-0.3, -0.25) is 10.1 Å². The number of hydrogen-bond donors (Lipinski definition) is 2. The Morgan fingerprint density at radius 1 is 1.09 bits per heavy atom. The number of aryl methyl sites for hydroxylation is 3. The molecule has 23 heavy (non-hydrogen) atoms. The molecule has 0 fully saturated rings. The predicted molar refractivity (Wildman–Crippen MR) is 109 cm³/mol. The summed E-state index contributed by atoms with van der Waals surface area (Å²) in [5, 5.41) is 6.56. The minimum Gasteiger partial charge on any atom is -0.332 e. The first-order valence-electron chi connectivity index (χ1n) is 6.93. The normalized spacial score (nSPS) is 10.3. The van der Waals surface area contributed by atoms with E-state index in [0.717, 1.165) is 22.4 Å². The molecular weight excluding hydrogens is 443 g/mol. The van der Waals surface area contributed by atoms with Crippen molar-refractivity contribution in [2.75, 3.05) is 5.32 Å². The van der Waals surface area contributed by atoms with E-state index < -0.39 is 0 Å². The van der Waals surface area contributed by atoms with Gasteiger partial charge in [-0.2, -0.15) is 0 Å².